The zero-order chi connectivity index (χ0) is 13.7. The van der Waals surface area contributed by atoms with Gasteiger partial charge in [0.1, 0.15) is 5.82 Å². The highest BCUT2D eigenvalue weighted by Gasteiger charge is 2.41. The predicted molar refractivity (Wildman–Crippen MR) is 72.2 cm³/mol. The third-order valence-electron chi connectivity index (χ3n) is 3.62. The van der Waals surface area contributed by atoms with Crippen LogP contribution in [-0.4, -0.2) is 38.3 Å². The van der Waals surface area contributed by atoms with Crippen LogP contribution in [0.4, 0.5) is 5.82 Å². The zero-order valence-electron chi connectivity index (χ0n) is 11.4. The molecule has 1 saturated carbocycles. The van der Waals surface area contributed by atoms with Gasteiger partial charge in [-0.05, 0) is 36.8 Å². The highest BCUT2D eigenvalue weighted by atomic mass is 16.5. The molecule has 19 heavy (non-hydrogen) atoms. The molecule has 0 spiro atoms. The maximum absolute atomic E-state index is 11.4. The number of carbonyl (C=O) groups excluding carboxylic acids is 1. The van der Waals surface area contributed by atoms with E-state index in [2.05, 4.69) is 10.3 Å². The second kappa shape index (κ2) is 6.02. The molecule has 0 aromatic carbocycles. The smallest absolute Gasteiger partial charge is 0.338 e. The number of rotatable bonds is 7. The van der Waals surface area contributed by atoms with Gasteiger partial charge in [0.05, 0.1) is 12.7 Å². The number of pyridine rings is 1. The van der Waals surface area contributed by atoms with Gasteiger partial charge in [-0.15, -0.1) is 0 Å². The fourth-order valence-electron chi connectivity index (χ4n) is 2.06. The van der Waals surface area contributed by atoms with E-state index < -0.39 is 0 Å². The first-order chi connectivity index (χ1) is 9.19. The van der Waals surface area contributed by atoms with Crippen molar-refractivity contribution in [2.45, 2.75) is 19.3 Å². The summed E-state index contributed by atoms with van der Waals surface area (Å²) in [6.45, 7) is 1.66. The molecule has 1 heterocycles. The molecule has 0 radical (unpaired) electrons. The molecule has 1 aliphatic carbocycles. The Morgan fingerprint density at radius 2 is 2.26 bits per heavy atom. The van der Waals surface area contributed by atoms with Crippen LogP contribution in [-0.2, 0) is 9.47 Å². The number of carbonyl (C=O) groups is 1. The number of methoxy groups -OCH3 is 2. The van der Waals surface area contributed by atoms with E-state index in [1.165, 1.54) is 20.0 Å². The number of hydrogen-bond donors (Lipinski definition) is 1. The topological polar surface area (TPSA) is 60.5 Å². The Labute approximate surface area is 113 Å². The lowest BCUT2D eigenvalue weighted by molar-refractivity contribution is 0.0600. The number of hydrogen-bond acceptors (Lipinski definition) is 5. The summed E-state index contributed by atoms with van der Waals surface area (Å²) in [6, 6.07) is 3.37. The standard InChI is InChI=1S/C14H20N2O3/c1-18-8-6-14(4-5-14)10-16-12-9-11(3-7-15-12)13(17)19-2/h3,7,9H,4-6,8,10H2,1-2H3,(H,15,16). The first kappa shape index (κ1) is 13.8. The second-order valence-corrected chi connectivity index (χ2v) is 5.02. The van der Waals surface area contributed by atoms with Gasteiger partial charge in [0.15, 0.2) is 0 Å². The number of aromatic nitrogens is 1. The molecule has 0 atom stereocenters. The quantitative estimate of drug-likeness (QED) is 0.764. The first-order valence-electron chi connectivity index (χ1n) is 6.46. The van der Waals surface area contributed by atoms with Crippen molar-refractivity contribution in [3.05, 3.63) is 23.9 Å². The maximum atomic E-state index is 11.4. The predicted octanol–water partition coefficient (Wildman–Crippen LogP) is 2.10. The third kappa shape index (κ3) is 3.67. The van der Waals surface area contributed by atoms with E-state index in [1.807, 2.05) is 0 Å². The highest BCUT2D eigenvalue weighted by molar-refractivity contribution is 5.89. The summed E-state index contributed by atoms with van der Waals surface area (Å²) in [6.07, 6.45) is 5.12. The summed E-state index contributed by atoms with van der Waals surface area (Å²) < 4.78 is 9.82. The van der Waals surface area contributed by atoms with Gasteiger partial charge in [-0.25, -0.2) is 9.78 Å². The highest BCUT2D eigenvalue weighted by Crippen LogP contribution is 2.48. The Morgan fingerprint density at radius 3 is 2.89 bits per heavy atom. The molecule has 0 saturated heterocycles. The molecule has 5 heteroatoms. The van der Waals surface area contributed by atoms with Gasteiger partial charge in [-0.3, -0.25) is 0 Å². The van der Waals surface area contributed by atoms with Crippen LogP contribution in [0.3, 0.4) is 0 Å². The monoisotopic (exact) mass is 264 g/mol. The SMILES string of the molecule is COCCC1(CNc2cc(C(=O)OC)ccn2)CC1. The fraction of sp³-hybridized carbons (Fsp3) is 0.571. The summed E-state index contributed by atoms with van der Waals surface area (Å²) >= 11 is 0. The second-order valence-electron chi connectivity index (χ2n) is 5.02. The number of nitrogens with zero attached hydrogens (tertiary/aromatic N) is 1. The van der Waals surface area contributed by atoms with E-state index in [-0.39, 0.29) is 5.97 Å². The summed E-state index contributed by atoms with van der Waals surface area (Å²) in [5, 5.41) is 3.30. The van der Waals surface area contributed by atoms with Crippen molar-refractivity contribution in [2.24, 2.45) is 5.41 Å². The molecular formula is C14H20N2O3. The minimum absolute atomic E-state index is 0.342. The molecule has 104 valence electrons. The van der Waals surface area contributed by atoms with Crippen molar-refractivity contribution >= 4 is 11.8 Å². The molecule has 1 aromatic rings. The molecule has 0 bridgehead atoms. The van der Waals surface area contributed by atoms with Crippen LogP contribution in [0.1, 0.15) is 29.6 Å². The Balaban J connectivity index is 1.91. The van der Waals surface area contributed by atoms with Crippen LogP contribution in [0.15, 0.2) is 18.3 Å². The van der Waals surface area contributed by atoms with Gasteiger partial charge in [0.25, 0.3) is 0 Å². The van der Waals surface area contributed by atoms with Gasteiger partial charge in [-0.2, -0.15) is 0 Å². The summed E-state index contributed by atoms with van der Waals surface area (Å²) in [4.78, 5) is 15.6. The molecule has 0 aliphatic heterocycles. The molecule has 5 nitrogen and oxygen atoms in total. The molecule has 1 aliphatic rings. The van der Waals surface area contributed by atoms with Gasteiger partial charge >= 0.3 is 5.97 Å². The maximum Gasteiger partial charge on any atom is 0.338 e. The van der Waals surface area contributed by atoms with Crippen LogP contribution in [0.25, 0.3) is 0 Å². The largest absolute Gasteiger partial charge is 0.465 e. The van der Waals surface area contributed by atoms with Gasteiger partial charge in [0.2, 0.25) is 0 Å². The molecule has 2 rings (SSSR count). The lowest BCUT2D eigenvalue weighted by atomic mass is 10.0. The van der Waals surface area contributed by atoms with E-state index in [4.69, 9.17) is 9.47 Å². The number of anilines is 1. The normalized spacial score (nSPS) is 15.9. The first-order valence-corrected chi connectivity index (χ1v) is 6.46. The van der Waals surface area contributed by atoms with Crippen LogP contribution < -0.4 is 5.32 Å². The lowest BCUT2D eigenvalue weighted by Crippen LogP contribution is -2.18. The van der Waals surface area contributed by atoms with Crippen molar-refractivity contribution in [1.29, 1.82) is 0 Å². The average molecular weight is 264 g/mol. The van der Waals surface area contributed by atoms with Crippen LogP contribution >= 0.6 is 0 Å². The van der Waals surface area contributed by atoms with E-state index in [1.54, 1.807) is 25.4 Å². The summed E-state index contributed by atoms with van der Waals surface area (Å²) in [7, 11) is 3.10. The van der Waals surface area contributed by atoms with Crippen molar-refractivity contribution < 1.29 is 14.3 Å². The lowest BCUT2D eigenvalue weighted by Gasteiger charge is -2.16. The van der Waals surface area contributed by atoms with Crippen LogP contribution in [0.5, 0.6) is 0 Å². The van der Waals surface area contributed by atoms with Crippen molar-refractivity contribution in [3.8, 4) is 0 Å². The number of ether oxygens (including phenoxy) is 2. The summed E-state index contributed by atoms with van der Waals surface area (Å²) in [5.74, 6) is 0.373. The fourth-order valence-corrected chi connectivity index (χ4v) is 2.06. The molecular weight excluding hydrogens is 244 g/mol. The zero-order valence-corrected chi connectivity index (χ0v) is 11.4. The van der Waals surface area contributed by atoms with E-state index in [0.29, 0.717) is 16.8 Å². The number of esters is 1. The Morgan fingerprint density at radius 1 is 1.47 bits per heavy atom. The van der Waals surface area contributed by atoms with Gasteiger partial charge in [0, 0.05) is 26.5 Å². The van der Waals surface area contributed by atoms with E-state index >= 15 is 0 Å². The minimum Gasteiger partial charge on any atom is -0.465 e. The molecule has 1 aromatic heterocycles. The van der Waals surface area contributed by atoms with Crippen LogP contribution in [0.2, 0.25) is 0 Å². The van der Waals surface area contributed by atoms with Crippen molar-refractivity contribution in [1.82, 2.24) is 4.98 Å². The van der Waals surface area contributed by atoms with Crippen molar-refractivity contribution in [2.75, 3.05) is 32.7 Å². The van der Waals surface area contributed by atoms with Crippen LogP contribution in [0, 0.1) is 5.41 Å². The molecule has 1 fully saturated rings. The molecule has 0 amide bonds. The minimum atomic E-state index is -0.342. The van der Waals surface area contributed by atoms with E-state index in [0.717, 1.165) is 19.6 Å². The summed E-state index contributed by atoms with van der Waals surface area (Å²) in [5.41, 5.74) is 0.862. The van der Waals surface area contributed by atoms with Gasteiger partial charge in [-0.1, -0.05) is 0 Å². The Bertz CT molecular complexity index is 444. The molecule has 0 unspecified atom stereocenters. The molecule has 1 N–H and O–H groups in total. The van der Waals surface area contributed by atoms with E-state index in [9.17, 15) is 4.79 Å². The Kier molecular flexibility index (Phi) is 4.37. The Hall–Kier alpha value is -1.62. The average Bonchev–Trinajstić information content (AvgIpc) is 3.23. The van der Waals surface area contributed by atoms with Gasteiger partial charge < -0.3 is 14.8 Å². The third-order valence-corrected chi connectivity index (χ3v) is 3.62. The van der Waals surface area contributed by atoms with Crippen molar-refractivity contribution in [3.63, 3.8) is 0 Å². The number of nitrogens with one attached hydrogen (secondary N) is 1.